The summed E-state index contributed by atoms with van der Waals surface area (Å²) in [5, 5.41) is 0.440. The lowest BCUT2D eigenvalue weighted by atomic mass is 10.1. The minimum atomic E-state index is -3.44. The Kier molecular flexibility index (Phi) is 4.75. The first kappa shape index (κ1) is 14.8. The fraction of sp³-hybridized carbons (Fsp3) is 0.636. The molecule has 0 radical (unpaired) electrons. The van der Waals surface area contributed by atoms with Gasteiger partial charge in [-0.1, -0.05) is 31.4 Å². The molecule has 0 amide bonds. The summed E-state index contributed by atoms with van der Waals surface area (Å²) >= 11 is 10.3. The third-order valence-electron chi connectivity index (χ3n) is 3.02. The zero-order chi connectivity index (χ0) is 13.3. The van der Waals surface area contributed by atoms with Gasteiger partial charge in [0.2, 0.25) is 10.0 Å². The van der Waals surface area contributed by atoms with Gasteiger partial charge >= 0.3 is 0 Å². The van der Waals surface area contributed by atoms with Crippen LogP contribution in [0.2, 0.25) is 5.02 Å². The zero-order valence-electron chi connectivity index (χ0n) is 9.95. The number of hydrogen-bond acceptors (Lipinski definition) is 3. The van der Waals surface area contributed by atoms with Crippen molar-refractivity contribution in [3.05, 3.63) is 14.9 Å². The van der Waals surface area contributed by atoms with E-state index in [2.05, 4.69) is 20.7 Å². The first-order chi connectivity index (χ1) is 8.42. The van der Waals surface area contributed by atoms with Crippen molar-refractivity contribution in [1.29, 1.82) is 0 Å². The van der Waals surface area contributed by atoms with Crippen molar-refractivity contribution in [1.82, 2.24) is 4.72 Å². The highest BCUT2D eigenvalue weighted by Crippen LogP contribution is 2.36. The maximum absolute atomic E-state index is 12.2. The Labute approximate surface area is 125 Å². The molecule has 1 N–H and O–H groups in total. The van der Waals surface area contributed by atoms with Gasteiger partial charge in [-0.3, -0.25) is 0 Å². The van der Waals surface area contributed by atoms with Gasteiger partial charge in [-0.15, -0.1) is 11.3 Å². The minimum Gasteiger partial charge on any atom is -0.207 e. The lowest BCUT2D eigenvalue weighted by Crippen LogP contribution is -2.34. The van der Waals surface area contributed by atoms with Gasteiger partial charge in [-0.25, -0.2) is 13.1 Å². The first-order valence-electron chi connectivity index (χ1n) is 5.89. The van der Waals surface area contributed by atoms with E-state index in [0.717, 1.165) is 24.2 Å². The molecule has 3 nitrogen and oxygen atoms in total. The van der Waals surface area contributed by atoms with E-state index in [1.54, 1.807) is 0 Å². The molecule has 1 aliphatic rings. The fourth-order valence-electron chi connectivity index (χ4n) is 1.79. The van der Waals surface area contributed by atoms with Crippen molar-refractivity contribution in [2.45, 2.75) is 42.9 Å². The largest absolute Gasteiger partial charge is 0.250 e. The molecule has 0 aliphatic heterocycles. The number of hydrogen-bond donors (Lipinski definition) is 1. The Morgan fingerprint density at radius 3 is 2.72 bits per heavy atom. The summed E-state index contributed by atoms with van der Waals surface area (Å²) in [7, 11) is -3.44. The lowest BCUT2D eigenvalue weighted by molar-refractivity contribution is 0.496. The highest BCUT2D eigenvalue weighted by molar-refractivity contribution is 9.11. The molecule has 1 aromatic heterocycles. The average molecular weight is 373 g/mol. The summed E-state index contributed by atoms with van der Waals surface area (Å²) in [6.45, 7) is 2.01. The van der Waals surface area contributed by atoms with Crippen molar-refractivity contribution in [3.8, 4) is 0 Å². The third kappa shape index (κ3) is 3.70. The second kappa shape index (κ2) is 5.79. The fourth-order valence-corrected chi connectivity index (χ4v) is 5.54. The van der Waals surface area contributed by atoms with Crippen molar-refractivity contribution in [3.63, 3.8) is 0 Å². The number of halogens is 2. The van der Waals surface area contributed by atoms with Crippen molar-refractivity contribution < 1.29 is 8.42 Å². The van der Waals surface area contributed by atoms with Crippen LogP contribution in [0.1, 0.15) is 32.6 Å². The number of thiophene rings is 1. The van der Waals surface area contributed by atoms with E-state index < -0.39 is 10.0 Å². The smallest absolute Gasteiger partial charge is 0.207 e. The van der Waals surface area contributed by atoms with Crippen molar-refractivity contribution in [2.24, 2.45) is 5.92 Å². The van der Waals surface area contributed by atoms with Crippen molar-refractivity contribution in [2.75, 3.05) is 0 Å². The standard InChI is InChI=1S/C11H15BrClNO2S2/c1-2-8(5-7-3-4-7)14-18(15,16)10-6-9(13)11(12)17-10/h6-8,14H,2-5H2,1H3. The van der Waals surface area contributed by atoms with E-state index in [4.69, 9.17) is 11.6 Å². The van der Waals surface area contributed by atoms with Crippen LogP contribution >= 0.6 is 38.9 Å². The normalized spacial score (nSPS) is 17.9. The van der Waals surface area contributed by atoms with E-state index in [9.17, 15) is 8.42 Å². The Morgan fingerprint density at radius 1 is 1.61 bits per heavy atom. The maximum atomic E-state index is 12.2. The summed E-state index contributed by atoms with van der Waals surface area (Å²) in [6.07, 6.45) is 4.22. The Morgan fingerprint density at radius 2 is 2.28 bits per heavy atom. The number of sulfonamides is 1. The van der Waals surface area contributed by atoms with Gasteiger partial charge in [0.25, 0.3) is 0 Å². The molecule has 0 bridgehead atoms. The van der Waals surface area contributed by atoms with Crippen LogP contribution in [0.5, 0.6) is 0 Å². The third-order valence-corrected chi connectivity index (χ3v) is 7.49. The van der Waals surface area contributed by atoms with Gasteiger partial charge in [0, 0.05) is 6.04 Å². The van der Waals surface area contributed by atoms with Gasteiger partial charge < -0.3 is 0 Å². The molecule has 1 aromatic rings. The van der Waals surface area contributed by atoms with E-state index in [1.165, 1.54) is 18.9 Å². The molecule has 1 heterocycles. The lowest BCUT2D eigenvalue weighted by Gasteiger charge is -2.15. The van der Waals surface area contributed by atoms with Gasteiger partial charge in [0.15, 0.2) is 0 Å². The molecule has 18 heavy (non-hydrogen) atoms. The second-order valence-electron chi connectivity index (χ2n) is 4.59. The van der Waals surface area contributed by atoms with E-state index in [1.807, 2.05) is 6.92 Å². The number of rotatable bonds is 6. The monoisotopic (exact) mass is 371 g/mol. The van der Waals surface area contributed by atoms with Crippen LogP contribution in [-0.4, -0.2) is 14.5 Å². The predicted molar refractivity (Wildman–Crippen MR) is 78.8 cm³/mol. The van der Waals surface area contributed by atoms with Crippen LogP contribution in [0.25, 0.3) is 0 Å². The average Bonchev–Trinajstić information content (AvgIpc) is 3.04. The molecule has 1 fully saturated rings. The molecule has 102 valence electrons. The quantitative estimate of drug-likeness (QED) is 0.819. The molecule has 0 aromatic carbocycles. The summed E-state index contributed by atoms with van der Waals surface area (Å²) in [6, 6.07) is 1.52. The first-order valence-corrected chi connectivity index (χ1v) is 9.36. The summed E-state index contributed by atoms with van der Waals surface area (Å²) in [4.78, 5) is 0. The molecule has 1 atom stereocenters. The number of nitrogens with one attached hydrogen (secondary N) is 1. The molecule has 7 heteroatoms. The van der Waals surface area contributed by atoms with Gasteiger partial charge in [-0.2, -0.15) is 0 Å². The highest BCUT2D eigenvalue weighted by atomic mass is 79.9. The van der Waals surface area contributed by atoms with Crippen LogP contribution in [0.4, 0.5) is 0 Å². The van der Waals surface area contributed by atoms with Crippen LogP contribution < -0.4 is 4.72 Å². The topological polar surface area (TPSA) is 46.2 Å². The molecule has 0 saturated heterocycles. The summed E-state index contributed by atoms with van der Waals surface area (Å²) in [5.74, 6) is 0.705. The molecule has 1 saturated carbocycles. The van der Waals surface area contributed by atoms with Gasteiger partial charge in [0.05, 0.1) is 8.81 Å². The predicted octanol–water partition coefficient (Wildman–Crippen LogP) is 4.02. The van der Waals surface area contributed by atoms with Gasteiger partial charge in [0.1, 0.15) is 4.21 Å². The summed E-state index contributed by atoms with van der Waals surface area (Å²) in [5.41, 5.74) is 0. The zero-order valence-corrected chi connectivity index (χ0v) is 13.9. The van der Waals surface area contributed by atoms with Crippen molar-refractivity contribution >= 4 is 48.9 Å². The summed E-state index contributed by atoms with van der Waals surface area (Å²) < 4.78 is 28.1. The minimum absolute atomic E-state index is 0.0298. The molecule has 1 unspecified atom stereocenters. The van der Waals surface area contributed by atoms with E-state index in [0.29, 0.717) is 14.7 Å². The Hall–Kier alpha value is 0.380. The van der Waals surface area contributed by atoms with Crippen LogP contribution in [0, 0.1) is 5.92 Å². The second-order valence-corrected chi connectivity index (χ2v) is 9.31. The van der Waals surface area contributed by atoms with Crippen LogP contribution in [0.15, 0.2) is 14.1 Å². The Balaban J connectivity index is 2.09. The molecule has 0 spiro atoms. The van der Waals surface area contributed by atoms with E-state index >= 15 is 0 Å². The van der Waals surface area contributed by atoms with Crippen LogP contribution in [-0.2, 0) is 10.0 Å². The van der Waals surface area contributed by atoms with Crippen LogP contribution in [0.3, 0.4) is 0 Å². The molecular formula is C11H15BrClNO2S2. The van der Waals surface area contributed by atoms with Gasteiger partial charge in [-0.05, 0) is 40.8 Å². The maximum Gasteiger partial charge on any atom is 0.250 e. The van der Waals surface area contributed by atoms with E-state index in [-0.39, 0.29) is 10.3 Å². The molecule has 1 aliphatic carbocycles. The SMILES string of the molecule is CCC(CC1CC1)NS(=O)(=O)c1cc(Cl)c(Br)s1. The molecule has 2 rings (SSSR count). The Bertz CT molecular complexity index is 506. The molecular weight excluding hydrogens is 358 g/mol. The highest BCUT2D eigenvalue weighted by Gasteiger charge is 2.28.